The van der Waals surface area contributed by atoms with E-state index in [0.29, 0.717) is 16.9 Å². The number of para-hydroxylation sites is 3. The molecule has 9 aromatic rings. The van der Waals surface area contributed by atoms with Gasteiger partial charge in [-0.15, -0.1) is 0 Å². The SMILES string of the molecule is [C-]#[N+]c1ccc(-c2cccc(-n3c4ccccc4c4cc(C#N)ccc43)c2)c(-c2ccccc2-n2c3ccccc3c3ccc([N+]#[C-])cc32)c1. The average Bonchev–Trinajstić information content (AvgIpc) is 3.69. The summed E-state index contributed by atoms with van der Waals surface area (Å²) in [5.74, 6) is 0. The lowest BCUT2D eigenvalue weighted by Crippen LogP contribution is -1.98. The summed E-state index contributed by atoms with van der Waals surface area (Å²) in [6, 6.07) is 53.4. The largest absolute Gasteiger partial charge is 0.310 e. The molecule has 0 bridgehead atoms. The summed E-state index contributed by atoms with van der Waals surface area (Å²) in [6.45, 7) is 15.6. The Bertz CT molecular complexity index is 2970. The van der Waals surface area contributed by atoms with Crippen LogP contribution < -0.4 is 0 Å². The zero-order valence-electron chi connectivity index (χ0n) is 26.7. The third-order valence-corrected chi connectivity index (χ3v) is 9.57. The summed E-state index contributed by atoms with van der Waals surface area (Å²) in [4.78, 5) is 7.58. The number of nitrogens with zero attached hydrogens (tertiary/aromatic N) is 5. The molecule has 0 amide bonds. The maximum atomic E-state index is 9.63. The second-order valence-corrected chi connectivity index (χ2v) is 12.3. The van der Waals surface area contributed by atoms with Crippen molar-refractivity contribution >= 4 is 55.0 Å². The Morgan fingerprint density at radius 2 is 1.12 bits per heavy atom. The minimum absolute atomic E-state index is 0.558. The van der Waals surface area contributed by atoms with E-state index in [1.54, 1.807) is 0 Å². The Morgan fingerprint density at radius 1 is 0.460 bits per heavy atom. The zero-order chi connectivity index (χ0) is 33.8. The Kier molecular flexibility index (Phi) is 6.56. The van der Waals surface area contributed by atoms with Crippen molar-refractivity contribution in [3.63, 3.8) is 0 Å². The van der Waals surface area contributed by atoms with Crippen LogP contribution in [0.15, 0.2) is 152 Å². The Hall–Kier alpha value is -7.39. The molecule has 5 heteroatoms. The summed E-state index contributed by atoms with van der Waals surface area (Å²) in [6.07, 6.45) is 0. The third kappa shape index (κ3) is 4.38. The molecule has 0 radical (unpaired) electrons. The van der Waals surface area contributed by atoms with Gasteiger partial charge >= 0.3 is 0 Å². The molecule has 0 saturated carbocycles. The maximum absolute atomic E-state index is 9.63. The van der Waals surface area contributed by atoms with E-state index in [4.69, 9.17) is 13.1 Å². The van der Waals surface area contributed by atoms with Gasteiger partial charge in [0.15, 0.2) is 11.4 Å². The van der Waals surface area contributed by atoms with Crippen LogP contribution in [-0.2, 0) is 0 Å². The molecule has 0 saturated heterocycles. The van der Waals surface area contributed by atoms with Crippen LogP contribution >= 0.6 is 0 Å². The lowest BCUT2D eigenvalue weighted by Gasteiger charge is -2.18. The molecular formula is C45H25N5. The van der Waals surface area contributed by atoms with Crippen LogP contribution in [0.25, 0.3) is 86.9 Å². The highest BCUT2D eigenvalue weighted by molar-refractivity contribution is 6.11. The van der Waals surface area contributed by atoms with Crippen molar-refractivity contribution in [3.8, 4) is 39.7 Å². The monoisotopic (exact) mass is 635 g/mol. The number of hydrogen-bond donors (Lipinski definition) is 0. The predicted octanol–water partition coefficient (Wildman–Crippen LogP) is 12.2. The highest BCUT2D eigenvalue weighted by atomic mass is 15.0. The lowest BCUT2D eigenvalue weighted by atomic mass is 9.92. The Morgan fingerprint density at radius 3 is 1.92 bits per heavy atom. The van der Waals surface area contributed by atoms with Gasteiger partial charge in [0.2, 0.25) is 0 Å². The summed E-state index contributed by atoms with van der Waals surface area (Å²) in [7, 11) is 0. The molecule has 2 aromatic heterocycles. The van der Waals surface area contributed by atoms with Gasteiger partial charge in [0.1, 0.15) is 0 Å². The molecule has 0 aliphatic rings. The first kappa shape index (κ1) is 28.8. The van der Waals surface area contributed by atoms with Gasteiger partial charge in [-0.2, -0.15) is 5.26 Å². The summed E-state index contributed by atoms with van der Waals surface area (Å²) in [5.41, 5.74) is 11.8. The van der Waals surface area contributed by atoms with Gasteiger partial charge in [-0.3, -0.25) is 0 Å². The minimum Gasteiger partial charge on any atom is -0.310 e. The van der Waals surface area contributed by atoms with E-state index >= 15 is 0 Å². The smallest absolute Gasteiger partial charge is 0.189 e. The van der Waals surface area contributed by atoms with Crippen LogP contribution in [0.1, 0.15) is 5.56 Å². The summed E-state index contributed by atoms with van der Waals surface area (Å²) < 4.78 is 4.50. The first-order valence-corrected chi connectivity index (χ1v) is 16.2. The second kappa shape index (κ2) is 11.4. The van der Waals surface area contributed by atoms with Gasteiger partial charge in [0.05, 0.1) is 47.0 Å². The van der Waals surface area contributed by atoms with Gasteiger partial charge < -0.3 is 9.13 Å². The molecule has 0 spiro atoms. The molecule has 0 atom stereocenters. The molecule has 230 valence electrons. The van der Waals surface area contributed by atoms with Crippen LogP contribution in [0.5, 0.6) is 0 Å². The normalized spacial score (nSPS) is 11.1. The van der Waals surface area contributed by atoms with Crippen LogP contribution in [0.4, 0.5) is 11.4 Å². The van der Waals surface area contributed by atoms with Crippen molar-refractivity contribution < 1.29 is 0 Å². The van der Waals surface area contributed by atoms with Crippen molar-refractivity contribution in [1.29, 1.82) is 5.26 Å². The molecule has 0 aliphatic carbocycles. The average molecular weight is 636 g/mol. The van der Waals surface area contributed by atoms with Crippen molar-refractivity contribution in [3.05, 3.63) is 180 Å². The molecule has 0 unspecified atom stereocenters. The van der Waals surface area contributed by atoms with Gasteiger partial charge in [0, 0.05) is 38.3 Å². The molecule has 5 nitrogen and oxygen atoms in total. The first-order chi connectivity index (χ1) is 24.7. The number of aromatic nitrogens is 2. The highest BCUT2D eigenvalue weighted by Crippen LogP contribution is 2.42. The van der Waals surface area contributed by atoms with Crippen molar-refractivity contribution in [2.75, 3.05) is 0 Å². The van der Waals surface area contributed by atoms with Crippen LogP contribution in [0.3, 0.4) is 0 Å². The third-order valence-electron chi connectivity index (χ3n) is 9.57. The first-order valence-electron chi connectivity index (χ1n) is 16.2. The standard InChI is InChI=1S/C45H25N5/c1-47-31-19-21-34(30-10-9-11-33(25-30)49-41-15-6-5-14-37(41)40-24-29(28-46)18-23-44(40)49)39(26-31)36-13-4-8-17-43(36)50-42-16-7-3-12-35(42)38-22-20-32(48-2)27-45(38)50/h3-27H. The fraction of sp³-hybridized carbons (Fsp3) is 0. The van der Waals surface area contributed by atoms with Crippen LogP contribution in [0, 0.1) is 24.5 Å². The van der Waals surface area contributed by atoms with Crippen molar-refractivity contribution in [1.82, 2.24) is 9.13 Å². The fourth-order valence-electron chi connectivity index (χ4n) is 7.39. The predicted molar refractivity (Wildman–Crippen MR) is 203 cm³/mol. The molecule has 9 rings (SSSR count). The number of rotatable bonds is 4. The molecule has 7 aromatic carbocycles. The van der Waals surface area contributed by atoms with E-state index < -0.39 is 0 Å². The van der Waals surface area contributed by atoms with E-state index in [-0.39, 0.29) is 0 Å². The molecule has 0 fully saturated rings. The zero-order valence-corrected chi connectivity index (χ0v) is 26.7. The van der Waals surface area contributed by atoms with Gasteiger partial charge in [0.25, 0.3) is 0 Å². The van der Waals surface area contributed by atoms with E-state index in [1.165, 1.54) is 0 Å². The number of nitriles is 1. The fourth-order valence-corrected chi connectivity index (χ4v) is 7.39. The molecule has 2 heterocycles. The Balaban J connectivity index is 1.29. The van der Waals surface area contributed by atoms with E-state index in [1.807, 2.05) is 91.0 Å². The summed E-state index contributed by atoms with van der Waals surface area (Å²) in [5, 5.41) is 14.0. The van der Waals surface area contributed by atoms with Crippen molar-refractivity contribution in [2.24, 2.45) is 0 Å². The molecule has 50 heavy (non-hydrogen) atoms. The maximum Gasteiger partial charge on any atom is 0.189 e. The van der Waals surface area contributed by atoms with Gasteiger partial charge in [-0.1, -0.05) is 91.0 Å². The van der Waals surface area contributed by atoms with Crippen LogP contribution in [-0.4, -0.2) is 9.13 Å². The second-order valence-electron chi connectivity index (χ2n) is 12.3. The minimum atomic E-state index is 0.558. The topological polar surface area (TPSA) is 42.4 Å². The lowest BCUT2D eigenvalue weighted by molar-refractivity contribution is 1.18. The number of hydrogen-bond acceptors (Lipinski definition) is 1. The van der Waals surface area contributed by atoms with E-state index in [2.05, 4.69) is 85.6 Å². The summed E-state index contributed by atoms with van der Waals surface area (Å²) >= 11 is 0. The number of fused-ring (bicyclic) bond motifs is 6. The van der Waals surface area contributed by atoms with Gasteiger partial charge in [-0.25, -0.2) is 9.69 Å². The molecular weight excluding hydrogens is 611 g/mol. The Labute approximate surface area is 288 Å². The molecule has 0 aliphatic heterocycles. The highest BCUT2D eigenvalue weighted by Gasteiger charge is 2.19. The van der Waals surface area contributed by atoms with E-state index in [9.17, 15) is 5.26 Å². The van der Waals surface area contributed by atoms with Crippen LogP contribution in [0.2, 0.25) is 0 Å². The number of benzene rings is 7. The quantitative estimate of drug-likeness (QED) is 0.177. The van der Waals surface area contributed by atoms with Gasteiger partial charge in [-0.05, 0) is 77.4 Å². The van der Waals surface area contributed by atoms with Crippen molar-refractivity contribution in [2.45, 2.75) is 0 Å². The van der Waals surface area contributed by atoms with E-state index in [0.717, 1.165) is 77.2 Å². The molecule has 0 N–H and O–H groups in total.